The molecule has 4 rings (SSSR count). The van der Waals surface area contributed by atoms with Crippen molar-refractivity contribution < 1.29 is 14.6 Å². The van der Waals surface area contributed by atoms with Crippen LogP contribution in [0.3, 0.4) is 0 Å². The minimum absolute atomic E-state index is 0.0350. The maximum absolute atomic E-state index is 9.66. The molecule has 8 nitrogen and oxygen atoms in total. The molecule has 0 saturated carbocycles. The number of hydrogen-bond acceptors (Lipinski definition) is 9. The summed E-state index contributed by atoms with van der Waals surface area (Å²) >= 11 is 1.49. The maximum Gasteiger partial charge on any atom is 0.211 e. The van der Waals surface area contributed by atoms with Crippen molar-refractivity contribution in [3.63, 3.8) is 0 Å². The van der Waals surface area contributed by atoms with Gasteiger partial charge in [-0.2, -0.15) is 0 Å². The van der Waals surface area contributed by atoms with Gasteiger partial charge in [0.25, 0.3) is 0 Å². The van der Waals surface area contributed by atoms with E-state index in [0.29, 0.717) is 13.2 Å². The van der Waals surface area contributed by atoms with Gasteiger partial charge in [0, 0.05) is 25.2 Å². The van der Waals surface area contributed by atoms with Crippen LogP contribution in [0.2, 0.25) is 0 Å². The number of anilines is 2. The number of hydrogen-bond donors (Lipinski definition) is 2. The van der Waals surface area contributed by atoms with E-state index in [1.165, 1.54) is 11.3 Å². The predicted octanol–water partition coefficient (Wildman–Crippen LogP) is 3.45. The zero-order valence-electron chi connectivity index (χ0n) is 17.7. The number of morpholine rings is 1. The van der Waals surface area contributed by atoms with Crippen LogP contribution in [0.4, 0.5) is 10.9 Å². The molecule has 0 amide bonds. The summed E-state index contributed by atoms with van der Waals surface area (Å²) in [7, 11) is 0. The van der Waals surface area contributed by atoms with Crippen LogP contribution in [0.5, 0.6) is 5.75 Å². The summed E-state index contributed by atoms with van der Waals surface area (Å²) in [6.07, 6.45) is -0.105. The van der Waals surface area contributed by atoms with Crippen molar-refractivity contribution in [3.05, 3.63) is 58.2 Å². The third-order valence-corrected chi connectivity index (χ3v) is 5.77. The van der Waals surface area contributed by atoms with Gasteiger partial charge in [-0.1, -0.05) is 23.5 Å². The number of aryl methyl sites for hydroxylation is 1. The molecule has 0 bridgehead atoms. The Labute approximate surface area is 185 Å². The summed E-state index contributed by atoms with van der Waals surface area (Å²) in [5, 5.41) is 22.6. The van der Waals surface area contributed by atoms with Crippen molar-refractivity contribution in [1.29, 1.82) is 0 Å². The molecule has 0 spiro atoms. The smallest absolute Gasteiger partial charge is 0.211 e. The molecule has 3 heterocycles. The van der Waals surface area contributed by atoms with Crippen LogP contribution in [0, 0.1) is 6.92 Å². The first-order valence-corrected chi connectivity index (χ1v) is 11.2. The lowest BCUT2D eigenvalue weighted by Crippen LogP contribution is -2.38. The molecule has 1 aliphatic heterocycles. The molecule has 1 aromatic carbocycles. The summed E-state index contributed by atoms with van der Waals surface area (Å²) in [5.41, 5.74) is 2.85. The van der Waals surface area contributed by atoms with Crippen molar-refractivity contribution in [3.8, 4) is 5.75 Å². The summed E-state index contributed by atoms with van der Waals surface area (Å²) in [4.78, 5) is 7.08. The molecule has 1 atom stereocenters. The fourth-order valence-corrected chi connectivity index (χ4v) is 4.19. The molecule has 2 N–H and O–H groups in total. The molecule has 1 fully saturated rings. The van der Waals surface area contributed by atoms with Crippen LogP contribution in [0.25, 0.3) is 0 Å². The van der Waals surface area contributed by atoms with Crippen LogP contribution in [0.1, 0.15) is 34.9 Å². The third kappa shape index (κ3) is 5.56. The number of aliphatic hydroxyl groups is 1. The second kappa shape index (κ2) is 10.1. The molecule has 1 saturated heterocycles. The standard InChI is InChI=1S/C22H27N5O3S/c1-3-29-19-8-7-16(11-17(19)14-28)12-27-9-10-30-20(13-27)18-5-4-6-21(23-18)24-22-26-25-15(2)31-22/h4-8,11,20,28H,3,9-10,12-14H2,1-2H3,(H,23,24,26)/t20-/m0/s1. The summed E-state index contributed by atoms with van der Waals surface area (Å²) in [6.45, 7) is 7.42. The first-order chi connectivity index (χ1) is 15.1. The lowest BCUT2D eigenvalue weighted by atomic mass is 10.1. The number of ether oxygens (including phenoxy) is 2. The molecule has 2 aromatic heterocycles. The Kier molecular flexibility index (Phi) is 7.08. The van der Waals surface area contributed by atoms with E-state index in [4.69, 9.17) is 14.5 Å². The Morgan fingerprint density at radius 3 is 2.97 bits per heavy atom. The second-order valence-electron chi connectivity index (χ2n) is 7.33. The molecule has 9 heteroatoms. The van der Waals surface area contributed by atoms with Crippen LogP contribution >= 0.6 is 11.3 Å². The molecular weight excluding hydrogens is 414 g/mol. The van der Waals surface area contributed by atoms with Gasteiger partial charge >= 0.3 is 0 Å². The van der Waals surface area contributed by atoms with Crippen molar-refractivity contribution in [2.45, 2.75) is 33.1 Å². The van der Waals surface area contributed by atoms with Gasteiger partial charge in [-0.15, -0.1) is 10.2 Å². The number of pyridine rings is 1. The highest BCUT2D eigenvalue weighted by Crippen LogP contribution is 2.26. The quantitative estimate of drug-likeness (QED) is 0.549. The monoisotopic (exact) mass is 441 g/mol. The lowest BCUT2D eigenvalue weighted by Gasteiger charge is -2.33. The molecule has 31 heavy (non-hydrogen) atoms. The van der Waals surface area contributed by atoms with E-state index in [-0.39, 0.29) is 12.7 Å². The van der Waals surface area contributed by atoms with E-state index in [1.807, 2.05) is 44.2 Å². The molecule has 164 valence electrons. The van der Waals surface area contributed by atoms with Gasteiger partial charge < -0.3 is 19.9 Å². The highest BCUT2D eigenvalue weighted by molar-refractivity contribution is 7.15. The van der Waals surface area contributed by atoms with Gasteiger partial charge in [0.2, 0.25) is 5.13 Å². The topological polar surface area (TPSA) is 92.6 Å². The van der Waals surface area contributed by atoms with Gasteiger partial charge in [0.05, 0.1) is 25.5 Å². The predicted molar refractivity (Wildman–Crippen MR) is 120 cm³/mol. The van der Waals surface area contributed by atoms with E-state index in [0.717, 1.165) is 58.2 Å². The third-order valence-electron chi connectivity index (χ3n) is 5.01. The SMILES string of the molecule is CCOc1ccc(CN2CCO[C@H](c3cccc(Nc4nnc(C)s4)n3)C2)cc1CO. The lowest BCUT2D eigenvalue weighted by molar-refractivity contribution is -0.0349. The number of aromatic nitrogens is 3. The van der Waals surface area contributed by atoms with Gasteiger partial charge in [-0.05, 0) is 43.7 Å². The first kappa shape index (κ1) is 21.6. The zero-order valence-corrected chi connectivity index (χ0v) is 18.6. The summed E-state index contributed by atoms with van der Waals surface area (Å²) in [5.74, 6) is 1.47. The fourth-order valence-electron chi connectivity index (χ4n) is 3.59. The number of nitrogens with one attached hydrogen (secondary N) is 1. The molecule has 0 radical (unpaired) electrons. The van der Waals surface area contributed by atoms with E-state index in [1.54, 1.807) is 0 Å². The Balaban J connectivity index is 1.42. The molecule has 3 aromatic rings. The number of aliphatic hydroxyl groups excluding tert-OH is 1. The normalized spacial score (nSPS) is 16.9. The Hall–Kier alpha value is -2.59. The van der Waals surface area contributed by atoms with E-state index < -0.39 is 0 Å². The molecule has 0 unspecified atom stereocenters. The van der Waals surface area contributed by atoms with Crippen molar-refractivity contribution in [2.24, 2.45) is 0 Å². The van der Waals surface area contributed by atoms with Crippen molar-refractivity contribution in [2.75, 3.05) is 31.6 Å². The number of nitrogens with zero attached hydrogens (tertiary/aromatic N) is 4. The van der Waals surface area contributed by atoms with Crippen LogP contribution < -0.4 is 10.1 Å². The van der Waals surface area contributed by atoms with Crippen LogP contribution in [0.15, 0.2) is 36.4 Å². The molecular formula is C22H27N5O3S. The fraction of sp³-hybridized carbons (Fsp3) is 0.409. The summed E-state index contributed by atoms with van der Waals surface area (Å²) < 4.78 is 11.6. The Morgan fingerprint density at radius 1 is 1.29 bits per heavy atom. The largest absolute Gasteiger partial charge is 0.494 e. The van der Waals surface area contributed by atoms with Gasteiger partial charge in [-0.25, -0.2) is 4.98 Å². The summed E-state index contributed by atoms with van der Waals surface area (Å²) in [6, 6.07) is 11.9. The zero-order chi connectivity index (χ0) is 21.6. The average Bonchev–Trinajstić information content (AvgIpc) is 3.20. The maximum atomic E-state index is 9.66. The van der Waals surface area contributed by atoms with Gasteiger partial charge in [0.15, 0.2) is 0 Å². The average molecular weight is 442 g/mol. The second-order valence-corrected chi connectivity index (χ2v) is 8.51. The Bertz CT molecular complexity index is 1010. The van der Waals surface area contributed by atoms with Crippen LogP contribution in [-0.2, 0) is 17.9 Å². The first-order valence-electron chi connectivity index (χ1n) is 10.4. The number of benzene rings is 1. The van der Waals surface area contributed by atoms with Crippen molar-refractivity contribution >= 4 is 22.3 Å². The van der Waals surface area contributed by atoms with E-state index >= 15 is 0 Å². The van der Waals surface area contributed by atoms with Gasteiger partial charge in [0.1, 0.15) is 22.7 Å². The number of rotatable bonds is 8. The minimum atomic E-state index is -0.105. The van der Waals surface area contributed by atoms with Crippen LogP contribution in [-0.4, -0.2) is 51.5 Å². The van der Waals surface area contributed by atoms with E-state index in [9.17, 15) is 5.11 Å². The highest BCUT2D eigenvalue weighted by atomic mass is 32.1. The Morgan fingerprint density at radius 2 is 2.19 bits per heavy atom. The highest BCUT2D eigenvalue weighted by Gasteiger charge is 2.23. The van der Waals surface area contributed by atoms with E-state index in [2.05, 4.69) is 26.5 Å². The molecule has 0 aliphatic carbocycles. The minimum Gasteiger partial charge on any atom is -0.494 e. The van der Waals surface area contributed by atoms with Crippen molar-refractivity contribution in [1.82, 2.24) is 20.1 Å². The van der Waals surface area contributed by atoms with Gasteiger partial charge in [-0.3, -0.25) is 4.90 Å². The molecule has 1 aliphatic rings.